The van der Waals surface area contributed by atoms with Gasteiger partial charge in [-0.3, -0.25) is 14.5 Å². The average Bonchev–Trinajstić information content (AvgIpc) is 2.29. The Kier molecular flexibility index (Phi) is 5.97. The first kappa shape index (κ1) is 14.0. The fourth-order valence-electron chi connectivity index (χ4n) is 2.06. The van der Waals surface area contributed by atoms with Crippen molar-refractivity contribution in [3.63, 3.8) is 0 Å². The first-order valence-corrected chi connectivity index (χ1v) is 6.35. The molecule has 5 heteroatoms. The molecule has 0 aromatic rings. The van der Waals surface area contributed by atoms with Crippen molar-refractivity contribution in [1.82, 2.24) is 10.2 Å². The molecule has 0 saturated carbocycles. The Bertz CT molecular complexity index is 268. The summed E-state index contributed by atoms with van der Waals surface area (Å²) < 4.78 is 0. The van der Waals surface area contributed by atoms with Crippen molar-refractivity contribution in [3.8, 4) is 0 Å². The molecular weight excluding hydrogens is 220 g/mol. The maximum absolute atomic E-state index is 11.6. The number of unbranched alkanes of at least 4 members (excludes halogenated alkanes) is 1. The van der Waals surface area contributed by atoms with Crippen molar-refractivity contribution in [2.24, 2.45) is 5.92 Å². The number of nitrogens with zero attached hydrogens (tertiary/aromatic N) is 1. The first-order valence-electron chi connectivity index (χ1n) is 6.35. The lowest BCUT2D eigenvalue weighted by atomic mass is 9.98. The smallest absolute Gasteiger partial charge is 0.307 e. The molecule has 1 heterocycles. The zero-order valence-electron chi connectivity index (χ0n) is 10.4. The number of carbonyl (C=O) groups is 2. The van der Waals surface area contributed by atoms with Gasteiger partial charge in [0.1, 0.15) is 0 Å². The van der Waals surface area contributed by atoms with Crippen LogP contribution in [-0.4, -0.2) is 48.1 Å². The summed E-state index contributed by atoms with van der Waals surface area (Å²) in [7, 11) is 0. The molecule has 0 radical (unpaired) electrons. The number of hydrogen-bond donors (Lipinski definition) is 2. The molecule has 0 unspecified atom stereocenters. The van der Waals surface area contributed by atoms with E-state index in [4.69, 9.17) is 5.11 Å². The lowest BCUT2D eigenvalue weighted by Gasteiger charge is -2.29. The highest BCUT2D eigenvalue weighted by atomic mass is 16.4. The van der Waals surface area contributed by atoms with Crippen LogP contribution >= 0.6 is 0 Å². The normalized spacial score (nSPS) is 21.1. The molecule has 0 bridgehead atoms. The summed E-state index contributed by atoms with van der Waals surface area (Å²) in [5.41, 5.74) is 0. The molecule has 1 amide bonds. The number of carbonyl (C=O) groups excluding carboxylic acids is 1. The van der Waals surface area contributed by atoms with Crippen molar-refractivity contribution >= 4 is 11.9 Å². The van der Waals surface area contributed by atoms with Crippen LogP contribution in [0.3, 0.4) is 0 Å². The predicted molar refractivity (Wildman–Crippen MR) is 64.7 cm³/mol. The Labute approximate surface area is 102 Å². The summed E-state index contributed by atoms with van der Waals surface area (Å²) >= 11 is 0. The highest BCUT2D eigenvalue weighted by Crippen LogP contribution is 2.15. The predicted octanol–water partition coefficient (Wildman–Crippen LogP) is 0.699. The van der Waals surface area contributed by atoms with E-state index in [2.05, 4.69) is 12.2 Å². The second-order valence-electron chi connectivity index (χ2n) is 4.62. The van der Waals surface area contributed by atoms with Crippen LogP contribution < -0.4 is 5.32 Å². The number of piperidine rings is 1. The van der Waals surface area contributed by atoms with Gasteiger partial charge in [-0.25, -0.2) is 0 Å². The van der Waals surface area contributed by atoms with Gasteiger partial charge in [-0.05, 0) is 25.8 Å². The monoisotopic (exact) mass is 242 g/mol. The zero-order valence-corrected chi connectivity index (χ0v) is 10.4. The van der Waals surface area contributed by atoms with E-state index in [1.807, 2.05) is 4.90 Å². The highest BCUT2D eigenvalue weighted by molar-refractivity contribution is 5.78. The Balaban J connectivity index is 2.26. The third kappa shape index (κ3) is 5.17. The van der Waals surface area contributed by atoms with E-state index in [0.717, 1.165) is 32.2 Å². The van der Waals surface area contributed by atoms with Crippen LogP contribution in [0.2, 0.25) is 0 Å². The summed E-state index contributed by atoms with van der Waals surface area (Å²) in [5.74, 6) is -1.06. The Morgan fingerprint density at radius 1 is 1.47 bits per heavy atom. The Morgan fingerprint density at radius 2 is 2.24 bits per heavy atom. The van der Waals surface area contributed by atoms with Crippen molar-refractivity contribution in [1.29, 1.82) is 0 Å². The van der Waals surface area contributed by atoms with Crippen LogP contribution in [0.15, 0.2) is 0 Å². The fraction of sp³-hybridized carbons (Fsp3) is 0.833. The lowest BCUT2D eigenvalue weighted by Crippen LogP contribution is -2.44. The molecule has 2 N–H and O–H groups in total. The molecule has 0 spiro atoms. The van der Waals surface area contributed by atoms with Gasteiger partial charge in [0, 0.05) is 13.1 Å². The van der Waals surface area contributed by atoms with Crippen LogP contribution in [0, 0.1) is 5.92 Å². The van der Waals surface area contributed by atoms with E-state index in [9.17, 15) is 9.59 Å². The van der Waals surface area contributed by atoms with E-state index in [1.54, 1.807) is 0 Å². The van der Waals surface area contributed by atoms with E-state index >= 15 is 0 Å². The third-order valence-electron chi connectivity index (χ3n) is 3.07. The fourth-order valence-corrected chi connectivity index (χ4v) is 2.06. The van der Waals surface area contributed by atoms with Crippen LogP contribution in [0.5, 0.6) is 0 Å². The van der Waals surface area contributed by atoms with E-state index < -0.39 is 5.97 Å². The Hall–Kier alpha value is -1.10. The minimum absolute atomic E-state index is 0.00416. The molecular formula is C12H22N2O3. The van der Waals surface area contributed by atoms with E-state index in [1.165, 1.54) is 0 Å². The van der Waals surface area contributed by atoms with Gasteiger partial charge in [0.25, 0.3) is 0 Å². The standard InChI is InChI=1S/C12H22N2O3/c1-2-3-6-13-11(15)9-14-7-4-5-10(8-14)12(16)17/h10H,2-9H2,1H3,(H,13,15)(H,16,17)/t10-/m1/s1. The molecule has 98 valence electrons. The minimum atomic E-state index is -0.749. The largest absolute Gasteiger partial charge is 0.481 e. The quantitative estimate of drug-likeness (QED) is 0.673. The van der Waals surface area contributed by atoms with Gasteiger partial charge in [0.15, 0.2) is 0 Å². The van der Waals surface area contributed by atoms with Gasteiger partial charge >= 0.3 is 5.97 Å². The molecule has 17 heavy (non-hydrogen) atoms. The van der Waals surface area contributed by atoms with Gasteiger partial charge in [-0.15, -0.1) is 0 Å². The van der Waals surface area contributed by atoms with Gasteiger partial charge < -0.3 is 10.4 Å². The lowest BCUT2D eigenvalue weighted by molar-refractivity contribution is -0.144. The Morgan fingerprint density at radius 3 is 2.88 bits per heavy atom. The average molecular weight is 242 g/mol. The van der Waals surface area contributed by atoms with Crippen molar-refractivity contribution in [2.75, 3.05) is 26.2 Å². The maximum Gasteiger partial charge on any atom is 0.307 e. The zero-order chi connectivity index (χ0) is 12.7. The maximum atomic E-state index is 11.6. The first-order chi connectivity index (χ1) is 8.13. The number of hydrogen-bond acceptors (Lipinski definition) is 3. The molecule has 5 nitrogen and oxygen atoms in total. The molecule has 1 aliphatic rings. The summed E-state index contributed by atoms with van der Waals surface area (Å²) in [6, 6.07) is 0. The summed E-state index contributed by atoms with van der Waals surface area (Å²) in [6.07, 6.45) is 3.64. The molecule has 0 aromatic carbocycles. The number of rotatable bonds is 6. The SMILES string of the molecule is CCCCNC(=O)CN1CCC[C@@H](C(=O)O)C1. The van der Waals surface area contributed by atoms with Gasteiger partial charge in [-0.2, -0.15) is 0 Å². The molecule has 0 aliphatic carbocycles. The van der Waals surface area contributed by atoms with Crippen molar-refractivity contribution in [2.45, 2.75) is 32.6 Å². The number of carboxylic acids is 1. The van der Waals surface area contributed by atoms with Crippen molar-refractivity contribution < 1.29 is 14.7 Å². The van der Waals surface area contributed by atoms with E-state index in [-0.39, 0.29) is 11.8 Å². The van der Waals surface area contributed by atoms with Crippen LogP contribution in [0.25, 0.3) is 0 Å². The third-order valence-corrected chi connectivity index (χ3v) is 3.07. The van der Waals surface area contributed by atoms with Gasteiger partial charge in [-0.1, -0.05) is 13.3 Å². The summed E-state index contributed by atoms with van der Waals surface area (Å²) in [4.78, 5) is 24.4. The van der Waals surface area contributed by atoms with Gasteiger partial charge in [0.05, 0.1) is 12.5 Å². The van der Waals surface area contributed by atoms with Crippen LogP contribution in [0.1, 0.15) is 32.6 Å². The second-order valence-corrected chi connectivity index (χ2v) is 4.62. The number of amides is 1. The molecule has 1 rings (SSSR count). The molecule has 1 atom stereocenters. The summed E-state index contributed by atoms with van der Waals surface area (Å²) in [6.45, 7) is 4.44. The van der Waals surface area contributed by atoms with Crippen molar-refractivity contribution in [3.05, 3.63) is 0 Å². The molecule has 1 saturated heterocycles. The number of carboxylic acid groups (broad SMARTS) is 1. The molecule has 1 aliphatic heterocycles. The summed E-state index contributed by atoms with van der Waals surface area (Å²) in [5, 5.41) is 11.8. The number of aliphatic carboxylic acids is 1. The topological polar surface area (TPSA) is 69.6 Å². The van der Waals surface area contributed by atoms with Gasteiger partial charge in [0.2, 0.25) is 5.91 Å². The van der Waals surface area contributed by atoms with Crippen LogP contribution in [-0.2, 0) is 9.59 Å². The number of nitrogens with one attached hydrogen (secondary N) is 1. The molecule has 0 aromatic heterocycles. The van der Waals surface area contributed by atoms with E-state index in [0.29, 0.717) is 19.6 Å². The second kappa shape index (κ2) is 7.27. The highest BCUT2D eigenvalue weighted by Gasteiger charge is 2.26. The number of likely N-dealkylation sites (tertiary alicyclic amines) is 1. The minimum Gasteiger partial charge on any atom is -0.481 e. The molecule has 1 fully saturated rings. The van der Waals surface area contributed by atoms with Crippen LogP contribution in [0.4, 0.5) is 0 Å².